The van der Waals surface area contributed by atoms with Crippen molar-refractivity contribution >= 4 is 11.9 Å². The molecule has 3 fully saturated rings. The quantitative estimate of drug-likeness (QED) is 0.238. The Morgan fingerprint density at radius 3 is 1.76 bits per heavy atom. The fraction of sp³-hybridized carbons (Fsp3) is 0.840. The van der Waals surface area contributed by atoms with E-state index in [1.165, 1.54) is 0 Å². The molecule has 0 aromatic heterocycles. The molecule has 2 unspecified atom stereocenters. The average molecular weight is 495 g/mol. The predicted molar refractivity (Wildman–Crippen MR) is 115 cm³/mol. The summed E-state index contributed by atoms with van der Waals surface area (Å²) in [6.07, 6.45) is -1.70. The van der Waals surface area contributed by atoms with E-state index in [9.17, 15) is 31.5 Å². The third-order valence-electron chi connectivity index (χ3n) is 8.10. The minimum absolute atomic E-state index is 0.00782. The molecule has 0 bridgehead atoms. The van der Waals surface area contributed by atoms with E-state index in [4.69, 9.17) is 9.47 Å². The Hall–Kier alpha value is -1.67. The molecule has 4 nitrogen and oxygen atoms in total. The Morgan fingerprint density at radius 2 is 1.29 bits per heavy atom. The van der Waals surface area contributed by atoms with Gasteiger partial charge in [0.15, 0.2) is 0 Å². The van der Waals surface area contributed by atoms with Crippen LogP contribution in [0.25, 0.3) is 0 Å². The van der Waals surface area contributed by atoms with Gasteiger partial charge in [0.25, 0.3) is 0 Å². The molecular weight excluding hydrogens is 459 g/mol. The van der Waals surface area contributed by atoms with Crippen molar-refractivity contribution in [3.63, 3.8) is 0 Å². The molecule has 0 radical (unpaired) electrons. The van der Waals surface area contributed by atoms with Crippen molar-refractivity contribution in [3.8, 4) is 0 Å². The molecule has 0 aromatic rings. The third kappa shape index (κ3) is 7.17. The zero-order valence-electron chi connectivity index (χ0n) is 19.4. The highest BCUT2D eigenvalue weighted by Gasteiger charge is 2.54. The fourth-order valence-corrected chi connectivity index (χ4v) is 6.29. The molecule has 2 atom stereocenters. The van der Waals surface area contributed by atoms with Crippen LogP contribution in [0.1, 0.15) is 70.6 Å². The molecular formula is C25H35F5O4. The molecule has 3 aliphatic rings. The number of rotatable bonds is 7. The van der Waals surface area contributed by atoms with Crippen LogP contribution >= 0.6 is 0 Å². The highest BCUT2D eigenvalue weighted by atomic mass is 19.4. The summed E-state index contributed by atoms with van der Waals surface area (Å²) in [5.41, 5.74) is 0. The van der Waals surface area contributed by atoms with E-state index in [-0.39, 0.29) is 43.8 Å². The molecule has 34 heavy (non-hydrogen) atoms. The number of carbonyl (C=O) groups is 2. The lowest BCUT2D eigenvalue weighted by Gasteiger charge is -2.43. The third-order valence-corrected chi connectivity index (χ3v) is 8.10. The van der Waals surface area contributed by atoms with Crippen LogP contribution in [0.2, 0.25) is 0 Å². The number of halogens is 5. The van der Waals surface area contributed by atoms with Gasteiger partial charge in [0.2, 0.25) is 0 Å². The van der Waals surface area contributed by atoms with Gasteiger partial charge in [0.05, 0.1) is 6.42 Å². The molecule has 194 valence electrons. The largest absolute Gasteiger partial charge is 0.462 e. The maximum atomic E-state index is 14.2. The number of ether oxygens (including phenoxy) is 2. The lowest BCUT2D eigenvalue weighted by atomic mass is 9.65. The Morgan fingerprint density at radius 1 is 0.824 bits per heavy atom. The zero-order chi connectivity index (χ0) is 24.9. The van der Waals surface area contributed by atoms with Crippen LogP contribution in [0.15, 0.2) is 12.7 Å². The van der Waals surface area contributed by atoms with Gasteiger partial charge in [-0.1, -0.05) is 6.58 Å². The summed E-state index contributed by atoms with van der Waals surface area (Å²) in [5.74, 6) is -2.66. The lowest BCUT2D eigenvalue weighted by Crippen LogP contribution is -2.46. The van der Waals surface area contributed by atoms with E-state index >= 15 is 0 Å². The van der Waals surface area contributed by atoms with Crippen molar-refractivity contribution in [2.45, 2.75) is 95.3 Å². The Balaban J connectivity index is 1.36. The van der Waals surface area contributed by atoms with Crippen molar-refractivity contribution in [2.24, 2.45) is 29.6 Å². The van der Waals surface area contributed by atoms with Crippen molar-refractivity contribution in [1.29, 1.82) is 0 Å². The summed E-state index contributed by atoms with van der Waals surface area (Å²) < 4.78 is 77.5. The van der Waals surface area contributed by atoms with Crippen molar-refractivity contribution < 1.29 is 41.0 Å². The van der Waals surface area contributed by atoms with Crippen LogP contribution in [-0.2, 0) is 19.1 Å². The summed E-state index contributed by atoms with van der Waals surface area (Å²) in [4.78, 5) is 22.9. The summed E-state index contributed by atoms with van der Waals surface area (Å²) in [7, 11) is 0. The van der Waals surface area contributed by atoms with Gasteiger partial charge in [-0.15, -0.1) is 0 Å². The fourth-order valence-electron chi connectivity index (χ4n) is 6.29. The van der Waals surface area contributed by atoms with E-state index in [0.717, 1.165) is 57.4 Å². The van der Waals surface area contributed by atoms with E-state index < -0.39 is 36.4 Å². The van der Waals surface area contributed by atoms with Gasteiger partial charge >= 0.3 is 18.1 Å². The normalized spacial score (nSPS) is 37.0. The van der Waals surface area contributed by atoms with Crippen molar-refractivity contribution in [1.82, 2.24) is 0 Å². The molecule has 3 rings (SSSR count). The Bertz CT molecular complexity index is 684. The summed E-state index contributed by atoms with van der Waals surface area (Å²) in [6, 6.07) is 0. The standard InChI is InChI=1S/C25H35F5O4/c1-2-22(31)33-12-11-23(32)34-19-9-7-16(8-10-19)15-3-5-17(6-4-15)18-13-20(26)24(21(27)14-18)25(28,29)30/h2,15-21,24H,1,3-14H2. The second-order valence-electron chi connectivity index (χ2n) is 10.2. The van der Waals surface area contributed by atoms with Gasteiger partial charge in [-0.2, -0.15) is 13.2 Å². The van der Waals surface area contributed by atoms with Gasteiger partial charge in [0, 0.05) is 6.08 Å². The number of hydrogen-bond donors (Lipinski definition) is 0. The van der Waals surface area contributed by atoms with Crippen LogP contribution in [0, 0.1) is 29.6 Å². The van der Waals surface area contributed by atoms with E-state index in [2.05, 4.69) is 6.58 Å². The van der Waals surface area contributed by atoms with Crippen LogP contribution in [0.5, 0.6) is 0 Å². The van der Waals surface area contributed by atoms with Crippen LogP contribution in [0.3, 0.4) is 0 Å². The van der Waals surface area contributed by atoms with Crippen molar-refractivity contribution in [2.75, 3.05) is 6.61 Å². The van der Waals surface area contributed by atoms with E-state index in [1.54, 1.807) is 0 Å². The molecule has 0 aromatic carbocycles. The topological polar surface area (TPSA) is 52.6 Å². The van der Waals surface area contributed by atoms with Gasteiger partial charge < -0.3 is 9.47 Å². The predicted octanol–water partition coefficient (Wildman–Crippen LogP) is 6.28. The first-order chi connectivity index (χ1) is 16.1. The highest BCUT2D eigenvalue weighted by molar-refractivity contribution is 5.81. The molecule has 0 spiro atoms. The lowest BCUT2D eigenvalue weighted by molar-refractivity contribution is -0.220. The van der Waals surface area contributed by atoms with E-state index in [0.29, 0.717) is 11.8 Å². The molecule has 0 saturated heterocycles. The Kier molecular flexibility index (Phi) is 9.38. The first kappa shape index (κ1) is 26.9. The summed E-state index contributed by atoms with van der Waals surface area (Å²) in [6.45, 7) is 3.25. The number of alkyl halides is 5. The number of esters is 2. The first-order valence-corrected chi connectivity index (χ1v) is 12.4. The minimum atomic E-state index is -4.83. The number of hydrogen-bond acceptors (Lipinski definition) is 4. The molecule has 0 heterocycles. The number of carbonyl (C=O) groups excluding carboxylic acids is 2. The summed E-state index contributed by atoms with van der Waals surface area (Å²) >= 11 is 0. The maximum absolute atomic E-state index is 14.2. The molecule has 0 N–H and O–H groups in total. The van der Waals surface area contributed by atoms with Crippen molar-refractivity contribution in [3.05, 3.63) is 12.7 Å². The monoisotopic (exact) mass is 494 g/mol. The highest BCUT2D eigenvalue weighted by Crippen LogP contribution is 2.49. The molecule has 3 aliphatic carbocycles. The zero-order valence-corrected chi connectivity index (χ0v) is 19.4. The van der Waals surface area contributed by atoms with Gasteiger partial charge in [-0.05, 0) is 87.9 Å². The SMILES string of the molecule is C=CC(=O)OCCC(=O)OC1CCC(C2CCC(C3CC(F)C(C(F)(F)F)C(F)C3)CC2)CC1. The maximum Gasteiger partial charge on any atom is 0.397 e. The molecule has 3 saturated carbocycles. The minimum Gasteiger partial charge on any atom is -0.462 e. The van der Waals surface area contributed by atoms with Crippen LogP contribution < -0.4 is 0 Å². The van der Waals surface area contributed by atoms with Crippen LogP contribution in [0.4, 0.5) is 22.0 Å². The molecule has 9 heteroatoms. The van der Waals surface area contributed by atoms with E-state index in [1.807, 2.05) is 0 Å². The second-order valence-corrected chi connectivity index (χ2v) is 10.2. The van der Waals surface area contributed by atoms with Gasteiger partial charge in [0.1, 0.15) is 31.0 Å². The van der Waals surface area contributed by atoms with Crippen LogP contribution in [-0.4, -0.2) is 43.2 Å². The molecule has 0 amide bonds. The van der Waals surface area contributed by atoms with Gasteiger partial charge in [-0.25, -0.2) is 13.6 Å². The molecule has 0 aliphatic heterocycles. The van der Waals surface area contributed by atoms with Gasteiger partial charge in [-0.3, -0.25) is 4.79 Å². The average Bonchev–Trinajstić information content (AvgIpc) is 2.78. The second kappa shape index (κ2) is 11.8. The summed E-state index contributed by atoms with van der Waals surface area (Å²) in [5, 5.41) is 0. The smallest absolute Gasteiger partial charge is 0.397 e. The Labute approximate surface area is 197 Å². The first-order valence-electron chi connectivity index (χ1n) is 12.4.